The van der Waals surface area contributed by atoms with E-state index in [0.29, 0.717) is 19.7 Å². The highest BCUT2D eigenvalue weighted by atomic mass is 16.5. The van der Waals surface area contributed by atoms with E-state index < -0.39 is 6.09 Å². The van der Waals surface area contributed by atoms with Gasteiger partial charge in [0.2, 0.25) is 0 Å². The molecule has 2 saturated heterocycles. The van der Waals surface area contributed by atoms with Gasteiger partial charge in [0, 0.05) is 26.2 Å². The molecule has 21 heavy (non-hydrogen) atoms. The van der Waals surface area contributed by atoms with Crippen molar-refractivity contribution in [1.82, 2.24) is 9.80 Å². The third kappa shape index (κ3) is 3.36. The Morgan fingerprint density at radius 1 is 1.19 bits per heavy atom. The Bertz CT molecular complexity index is 484. The van der Waals surface area contributed by atoms with Gasteiger partial charge in [-0.2, -0.15) is 0 Å². The number of benzene rings is 1. The molecule has 0 aliphatic carbocycles. The normalized spacial score (nSPS) is 22.4. The largest absolute Gasteiger partial charge is 0.465 e. The van der Waals surface area contributed by atoms with Crippen LogP contribution in [0.2, 0.25) is 0 Å². The number of hydrogen-bond donors (Lipinski definition) is 1. The molecule has 114 valence electrons. The molecule has 1 aromatic rings. The minimum atomic E-state index is -0.829. The second kappa shape index (κ2) is 6.03. The number of hydrogen-bond acceptors (Lipinski definition) is 3. The molecule has 3 rings (SSSR count). The van der Waals surface area contributed by atoms with Gasteiger partial charge in [0.15, 0.2) is 0 Å². The van der Waals surface area contributed by atoms with Gasteiger partial charge >= 0.3 is 6.09 Å². The van der Waals surface area contributed by atoms with Crippen LogP contribution >= 0.6 is 0 Å². The van der Waals surface area contributed by atoms with Gasteiger partial charge in [-0.05, 0) is 18.4 Å². The van der Waals surface area contributed by atoms with Crippen LogP contribution in [0.1, 0.15) is 18.4 Å². The van der Waals surface area contributed by atoms with E-state index in [1.165, 1.54) is 10.5 Å². The summed E-state index contributed by atoms with van der Waals surface area (Å²) >= 11 is 0. The molecule has 1 aromatic carbocycles. The molecule has 0 radical (unpaired) electrons. The van der Waals surface area contributed by atoms with E-state index in [-0.39, 0.29) is 5.60 Å². The maximum absolute atomic E-state index is 11.1. The van der Waals surface area contributed by atoms with Crippen LogP contribution in [0.3, 0.4) is 0 Å². The molecule has 1 spiro atoms. The first-order valence-corrected chi connectivity index (χ1v) is 7.55. The molecule has 0 saturated carbocycles. The molecular formula is C16H22N2O3. The predicted octanol–water partition coefficient (Wildman–Crippen LogP) is 2.03. The van der Waals surface area contributed by atoms with Crippen LogP contribution in [-0.4, -0.2) is 59.4 Å². The van der Waals surface area contributed by atoms with E-state index in [2.05, 4.69) is 29.2 Å². The van der Waals surface area contributed by atoms with Crippen molar-refractivity contribution in [2.24, 2.45) is 0 Å². The topological polar surface area (TPSA) is 53.0 Å². The van der Waals surface area contributed by atoms with Crippen molar-refractivity contribution >= 4 is 6.09 Å². The zero-order chi connectivity index (χ0) is 14.7. The summed E-state index contributed by atoms with van der Waals surface area (Å²) < 4.78 is 5.95. The van der Waals surface area contributed by atoms with Crippen LogP contribution in [0, 0.1) is 0 Å². The maximum Gasteiger partial charge on any atom is 0.407 e. The Morgan fingerprint density at radius 3 is 2.57 bits per heavy atom. The number of rotatable bonds is 2. The average molecular weight is 290 g/mol. The SMILES string of the molecule is O=C(O)N1CCOC2(CCN(Cc3ccccc3)CC2)C1. The number of likely N-dealkylation sites (tertiary alicyclic amines) is 1. The lowest BCUT2D eigenvalue weighted by Gasteiger charge is -2.46. The van der Waals surface area contributed by atoms with Crippen LogP contribution in [-0.2, 0) is 11.3 Å². The summed E-state index contributed by atoms with van der Waals surface area (Å²) in [5.41, 5.74) is 1.06. The summed E-state index contributed by atoms with van der Waals surface area (Å²) in [4.78, 5) is 15.1. The lowest BCUT2D eigenvalue weighted by atomic mass is 9.89. The minimum Gasteiger partial charge on any atom is -0.465 e. The number of carboxylic acid groups (broad SMARTS) is 1. The van der Waals surface area contributed by atoms with Crippen LogP contribution in [0.25, 0.3) is 0 Å². The van der Waals surface area contributed by atoms with Crippen molar-refractivity contribution in [3.05, 3.63) is 35.9 Å². The Balaban J connectivity index is 1.56. The molecule has 2 heterocycles. The molecular weight excluding hydrogens is 268 g/mol. The quantitative estimate of drug-likeness (QED) is 0.905. The molecule has 2 aliphatic heterocycles. The molecule has 0 atom stereocenters. The van der Waals surface area contributed by atoms with Gasteiger partial charge in [0.25, 0.3) is 0 Å². The van der Waals surface area contributed by atoms with Crippen molar-refractivity contribution in [3.8, 4) is 0 Å². The molecule has 2 aliphatic rings. The fourth-order valence-electron chi connectivity index (χ4n) is 3.27. The number of nitrogens with zero attached hydrogens (tertiary/aromatic N) is 2. The van der Waals surface area contributed by atoms with Crippen molar-refractivity contribution in [2.75, 3.05) is 32.8 Å². The van der Waals surface area contributed by atoms with E-state index >= 15 is 0 Å². The van der Waals surface area contributed by atoms with Crippen molar-refractivity contribution < 1.29 is 14.6 Å². The zero-order valence-electron chi connectivity index (χ0n) is 12.2. The van der Waals surface area contributed by atoms with Crippen molar-refractivity contribution in [1.29, 1.82) is 0 Å². The van der Waals surface area contributed by atoms with E-state index in [9.17, 15) is 4.79 Å². The highest BCUT2D eigenvalue weighted by Crippen LogP contribution is 2.30. The highest BCUT2D eigenvalue weighted by molar-refractivity contribution is 5.65. The van der Waals surface area contributed by atoms with E-state index in [1.54, 1.807) is 0 Å². The highest BCUT2D eigenvalue weighted by Gasteiger charge is 2.40. The first-order chi connectivity index (χ1) is 10.2. The molecule has 0 aromatic heterocycles. The monoisotopic (exact) mass is 290 g/mol. The molecule has 0 bridgehead atoms. The average Bonchev–Trinajstić information content (AvgIpc) is 2.51. The molecule has 5 heteroatoms. The minimum absolute atomic E-state index is 0.260. The maximum atomic E-state index is 11.1. The molecule has 2 fully saturated rings. The Hall–Kier alpha value is -1.59. The number of morpholine rings is 1. The van der Waals surface area contributed by atoms with Crippen LogP contribution in [0.5, 0.6) is 0 Å². The second-order valence-corrected chi connectivity index (χ2v) is 6.00. The Kier molecular flexibility index (Phi) is 4.12. The molecule has 1 amide bonds. The first-order valence-electron chi connectivity index (χ1n) is 7.55. The fraction of sp³-hybridized carbons (Fsp3) is 0.562. The lowest BCUT2D eigenvalue weighted by Crippen LogP contribution is -2.57. The van der Waals surface area contributed by atoms with Gasteiger partial charge in [-0.15, -0.1) is 0 Å². The van der Waals surface area contributed by atoms with Gasteiger partial charge in [-0.1, -0.05) is 30.3 Å². The standard InChI is InChI=1S/C16H22N2O3/c19-15(20)18-10-11-21-16(13-18)6-8-17(9-7-16)12-14-4-2-1-3-5-14/h1-5H,6-13H2,(H,19,20). The predicted molar refractivity (Wildman–Crippen MR) is 79.2 cm³/mol. The van der Waals surface area contributed by atoms with Crippen LogP contribution in [0.15, 0.2) is 30.3 Å². The molecule has 0 unspecified atom stereocenters. The summed E-state index contributed by atoms with van der Waals surface area (Å²) in [5, 5.41) is 9.16. The third-order valence-corrected chi connectivity index (χ3v) is 4.54. The van der Waals surface area contributed by atoms with Crippen molar-refractivity contribution in [3.63, 3.8) is 0 Å². The van der Waals surface area contributed by atoms with E-state index in [4.69, 9.17) is 9.84 Å². The summed E-state index contributed by atoms with van der Waals surface area (Å²) in [6.45, 7) is 4.40. The smallest absolute Gasteiger partial charge is 0.407 e. The molecule has 1 N–H and O–H groups in total. The second-order valence-electron chi connectivity index (χ2n) is 6.00. The third-order valence-electron chi connectivity index (χ3n) is 4.54. The van der Waals surface area contributed by atoms with E-state index in [1.807, 2.05) is 6.07 Å². The van der Waals surface area contributed by atoms with E-state index in [0.717, 1.165) is 32.5 Å². The summed E-state index contributed by atoms with van der Waals surface area (Å²) in [5.74, 6) is 0. The van der Waals surface area contributed by atoms with Gasteiger partial charge in [0.1, 0.15) is 0 Å². The Labute approximate surface area is 125 Å². The summed E-state index contributed by atoms with van der Waals surface area (Å²) in [6.07, 6.45) is 0.983. The zero-order valence-corrected chi connectivity index (χ0v) is 12.2. The molecule has 5 nitrogen and oxygen atoms in total. The fourth-order valence-corrected chi connectivity index (χ4v) is 3.27. The van der Waals surface area contributed by atoms with Gasteiger partial charge < -0.3 is 14.7 Å². The van der Waals surface area contributed by atoms with Gasteiger partial charge in [0.05, 0.1) is 18.8 Å². The number of ether oxygens (including phenoxy) is 1. The van der Waals surface area contributed by atoms with Crippen molar-refractivity contribution in [2.45, 2.75) is 25.0 Å². The Morgan fingerprint density at radius 2 is 1.90 bits per heavy atom. The van der Waals surface area contributed by atoms with Gasteiger partial charge in [-0.3, -0.25) is 4.90 Å². The summed E-state index contributed by atoms with van der Waals surface area (Å²) in [7, 11) is 0. The lowest BCUT2D eigenvalue weighted by molar-refractivity contribution is -0.129. The summed E-state index contributed by atoms with van der Waals surface area (Å²) in [6, 6.07) is 10.5. The van der Waals surface area contributed by atoms with Crippen LogP contribution < -0.4 is 0 Å². The number of amides is 1. The number of piperidine rings is 1. The van der Waals surface area contributed by atoms with Gasteiger partial charge in [-0.25, -0.2) is 4.79 Å². The first kappa shape index (κ1) is 14.4. The van der Waals surface area contributed by atoms with Crippen LogP contribution in [0.4, 0.5) is 4.79 Å². The number of carbonyl (C=O) groups is 1.